The number of guanidine groups is 1. The van der Waals surface area contributed by atoms with E-state index in [0.717, 1.165) is 0 Å². The molecule has 0 heterocycles. The largest absolute Gasteiger partial charge is 0.408 e. The fourth-order valence-electron chi connectivity index (χ4n) is 0.419. The normalized spacial score (nSPS) is 14.9. The summed E-state index contributed by atoms with van der Waals surface area (Å²) in [5, 5.41) is 19.6. The second-order valence-electron chi connectivity index (χ2n) is 2.10. The monoisotopic (exact) mass is 147 g/mol. The van der Waals surface area contributed by atoms with Crippen LogP contribution in [-0.2, 0) is 0 Å². The van der Waals surface area contributed by atoms with Gasteiger partial charge in [-0.15, -0.1) is 0 Å². The van der Waals surface area contributed by atoms with Gasteiger partial charge in [0.2, 0.25) is 5.96 Å². The molecule has 0 aromatic heterocycles. The number of nitrogens with two attached hydrogens (primary N) is 1. The van der Waals surface area contributed by atoms with Crippen molar-refractivity contribution in [3.63, 3.8) is 0 Å². The van der Waals surface area contributed by atoms with Crippen LogP contribution in [0.3, 0.4) is 0 Å². The molecule has 0 bridgehead atoms. The fraction of sp³-hybridized carbons (Fsp3) is 0.800. The maximum atomic E-state index is 8.62. The molecule has 1 atom stereocenters. The van der Waals surface area contributed by atoms with Gasteiger partial charge in [-0.2, -0.15) is 0 Å². The van der Waals surface area contributed by atoms with Crippen molar-refractivity contribution in [3.8, 4) is 0 Å². The van der Waals surface area contributed by atoms with Gasteiger partial charge in [0.25, 0.3) is 0 Å². The number of hydrogen-bond acceptors (Lipinski definition) is 3. The lowest BCUT2D eigenvalue weighted by molar-refractivity contribution is 0.202. The molecule has 0 aliphatic heterocycles. The topological polar surface area (TPSA) is 82.1 Å². The Morgan fingerprint density at radius 3 is 2.60 bits per heavy atom. The average molecular weight is 147 g/mol. The summed E-state index contributed by atoms with van der Waals surface area (Å²) in [4.78, 5) is 1.47. The van der Waals surface area contributed by atoms with Crippen molar-refractivity contribution in [2.75, 3.05) is 13.7 Å². The number of aliphatic hydroxyl groups excluding tert-OH is 1. The number of aliphatic hydroxyl groups is 1. The molecule has 0 aliphatic carbocycles. The molecule has 0 amide bonds. The quantitative estimate of drug-likeness (QED) is 0.202. The van der Waals surface area contributed by atoms with Gasteiger partial charge < -0.3 is 20.9 Å². The smallest absolute Gasteiger partial charge is 0.233 e. The zero-order valence-corrected chi connectivity index (χ0v) is 6.15. The molecular weight excluding hydrogens is 134 g/mol. The summed E-state index contributed by atoms with van der Waals surface area (Å²) in [7, 11) is 1.63. The van der Waals surface area contributed by atoms with Crippen LogP contribution in [0.1, 0.15) is 6.92 Å². The van der Waals surface area contributed by atoms with Gasteiger partial charge in [-0.05, 0) is 6.92 Å². The minimum atomic E-state index is -0.129. The highest BCUT2D eigenvalue weighted by atomic mass is 16.4. The molecule has 10 heavy (non-hydrogen) atoms. The maximum Gasteiger partial charge on any atom is 0.233 e. The van der Waals surface area contributed by atoms with E-state index in [4.69, 9.17) is 16.0 Å². The van der Waals surface area contributed by atoms with Crippen LogP contribution in [0, 0.1) is 0 Å². The van der Waals surface area contributed by atoms with Crippen molar-refractivity contribution in [1.82, 2.24) is 4.90 Å². The number of rotatable bonds is 2. The molecule has 0 saturated heterocycles. The predicted molar refractivity (Wildman–Crippen MR) is 37.7 cm³/mol. The number of oxime groups is 1. The highest BCUT2D eigenvalue weighted by molar-refractivity contribution is 5.77. The third-order valence-electron chi connectivity index (χ3n) is 1.39. The lowest BCUT2D eigenvalue weighted by atomic mass is 10.3. The van der Waals surface area contributed by atoms with E-state index in [2.05, 4.69) is 5.16 Å². The molecule has 4 N–H and O–H groups in total. The second kappa shape index (κ2) is 3.94. The number of nitrogens with zero attached hydrogens (tertiary/aromatic N) is 2. The molecule has 60 valence electrons. The highest BCUT2D eigenvalue weighted by Crippen LogP contribution is 1.91. The molecule has 0 saturated carbocycles. The van der Waals surface area contributed by atoms with Gasteiger partial charge >= 0.3 is 0 Å². The Hall–Kier alpha value is -0.970. The molecule has 0 aromatic carbocycles. The van der Waals surface area contributed by atoms with Gasteiger partial charge in [0.05, 0.1) is 12.6 Å². The summed E-state index contributed by atoms with van der Waals surface area (Å²) in [6.45, 7) is 1.74. The van der Waals surface area contributed by atoms with Crippen molar-refractivity contribution < 1.29 is 10.3 Å². The van der Waals surface area contributed by atoms with Crippen molar-refractivity contribution in [2.24, 2.45) is 10.9 Å². The van der Waals surface area contributed by atoms with E-state index in [1.165, 1.54) is 4.90 Å². The summed E-state index contributed by atoms with van der Waals surface area (Å²) < 4.78 is 0. The number of hydrogen-bond donors (Lipinski definition) is 3. The van der Waals surface area contributed by atoms with E-state index in [-0.39, 0.29) is 18.6 Å². The van der Waals surface area contributed by atoms with Crippen LogP contribution in [0.5, 0.6) is 0 Å². The molecule has 5 nitrogen and oxygen atoms in total. The molecular formula is C5H13N3O2. The Labute approximate surface area is 59.7 Å². The Bertz CT molecular complexity index is 126. The molecule has 0 fully saturated rings. The minimum Gasteiger partial charge on any atom is -0.408 e. The summed E-state index contributed by atoms with van der Waals surface area (Å²) >= 11 is 0. The molecule has 0 spiro atoms. The average Bonchev–Trinajstić information content (AvgIpc) is 2.00. The van der Waals surface area contributed by atoms with Gasteiger partial charge in [-0.1, -0.05) is 5.16 Å². The third-order valence-corrected chi connectivity index (χ3v) is 1.39. The van der Waals surface area contributed by atoms with Crippen molar-refractivity contribution in [2.45, 2.75) is 13.0 Å². The third kappa shape index (κ3) is 2.10. The van der Waals surface area contributed by atoms with Crippen molar-refractivity contribution in [1.29, 1.82) is 0 Å². The first kappa shape index (κ1) is 9.03. The maximum absolute atomic E-state index is 8.62. The SMILES string of the molecule is CC(CO)N(C)C(N)=NO. The minimum absolute atomic E-state index is 0.00144. The molecule has 0 aromatic rings. The van der Waals surface area contributed by atoms with Gasteiger partial charge in [0.1, 0.15) is 0 Å². The molecule has 5 heteroatoms. The summed E-state index contributed by atoms with van der Waals surface area (Å²) in [6, 6.07) is -0.129. The van der Waals surface area contributed by atoms with Crippen LogP contribution in [0.25, 0.3) is 0 Å². The molecule has 0 aliphatic rings. The summed E-state index contributed by atoms with van der Waals surface area (Å²) in [5.74, 6) is 0.00144. The Kier molecular flexibility index (Phi) is 3.56. The van der Waals surface area contributed by atoms with Gasteiger partial charge in [-0.3, -0.25) is 0 Å². The van der Waals surface area contributed by atoms with Crippen LogP contribution >= 0.6 is 0 Å². The first-order valence-electron chi connectivity index (χ1n) is 2.94. The van der Waals surface area contributed by atoms with E-state index in [1.54, 1.807) is 14.0 Å². The number of likely N-dealkylation sites (N-methyl/N-ethyl adjacent to an activating group) is 1. The lowest BCUT2D eigenvalue weighted by Gasteiger charge is -2.22. The Balaban J connectivity index is 3.94. The van der Waals surface area contributed by atoms with Crippen molar-refractivity contribution in [3.05, 3.63) is 0 Å². The van der Waals surface area contributed by atoms with Crippen molar-refractivity contribution >= 4 is 5.96 Å². The molecule has 0 rings (SSSR count). The molecule has 1 unspecified atom stereocenters. The van der Waals surface area contributed by atoms with Crippen LogP contribution < -0.4 is 5.73 Å². The van der Waals surface area contributed by atoms with E-state index < -0.39 is 0 Å². The Morgan fingerprint density at radius 1 is 1.80 bits per heavy atom. The Morgan fingerprint density at radius 2 is 2.30 bits per heavy atom. The zero-order valence-electron chi connectivity index (χ0n) is 6.15. The van der Waals surface area contributed by atoms with E-state index >= 15 is 0 Å². The van der Waals surface area contributed by atoms with E-state index in [1.807, 2.05) is 0 Å². The van der Waals surface area contributed by atoms with Crippen LogP contribution in [0.2, 0.25) is 0 Å². The first-order valence-corrected chi connectivity index (χ1v) is 2.94. The van der Waals surface area contributed by atoms with Gasteiger partial charge in [0.15, 0.2) is 0 Å². The molecule has 0 radical (unpaired) electrons. The van der Waals surface area contributed by atoms with Crippen LogP contribution in [-0.4, -0.2) is 40.9 Å². The van der Waals surface area contributed by atoms with Gasteiger partial charge in [-0.25, -0.2) is 0 Å². The standard InChI is InChI=1S/C5H13N3O2/c1-4(3-9)8(2)5(6)7-10/h4,9-10H,3H2,1-2H3,(H2,6,7). The highest BCUT2D eigenvalue weighted by Gasteiger charge is 2.09. The van der Waals surface area contributed by atoms with Crippen LogP contribution in [0.15, 0.2) is 5.16 Å². The zero-order chi connectivity index (χ0) is 8.15. The van der Waals surface area contributed by atoms with E-state index in [9.17, 15) is 0 Å². The van der Waals surface area contributed by atoms with E-state index in [0.29, 0.717) is 0 Å². The summed E-state index contributed by atoms with van der Waals surface area (Å²) in [5.41, 5.74) is 5.21. The fourth-order valence-corrected chi connectivity index (χ4v) is 0.419. The summed E-state index contributed by atoms with van der Waals surface area (Å²) in [6.07, 6.45) is 0. The predicted octanol–water partition coefficient (Wildman–Crippen LogP) is -0.997. The van der Waals surface area contributed by atoms with Crippen LogP contribution in [0.4, 0.5) is 0 Å². The first-order chi connectivity index (χ1) is 4.63. The second-order valence-corrected chi connectivity index (χ2v) is 2.10. The van der Waals surface area contributed by atoms with Gasteiger partial charge in [0, 0.05) is 7.05 Å². The lowest BCUT2D eigenvalue weighted by Crippen LogP contribution is -2.41.